The summed E-state index contributed by atoms with van der Waals surface area (Å²) in [5.74, 6) is 0.795. The van der Waals surface area contributed by atoms with Crippen LogP contribution in [0.25, 0.3) is 6.08 Å². The Morgan fingerprint density at radius 2 is 1.66 bits per heavy atom. The molecule has 0 aliphatic carbocycles. The minimum absolute atomic E-state index is 0.220. The molecule has 0 fully saturated rings. The van der Waals surface area contributed by atoms with Crippen molar-refractivity contribution in [3.8, 4) is 11.5 Å². The average molecular weight is 608 g/mol. The maximum atomic E-state index is 13.6. The van der Waals surface area contributed by atoms with Crippen molar-refractivity contribution in [1.29, 1.82) is 0 Å². The number of benzene rings is 4. The fourth-order valence-corrected chi connectivity index (χ4v) is 5.05. The minimum atomic E-state index is -0.220. The van der Waals surface area contributed by atoms with Gasteiger partial charge in [-0.2, -0.15) is 10.1 Å². The molecule has 4 aromatic rings. The SMILES string of the molecule is COc1cc(/C=C2\C(=O)N(c3ccccc3)N=C2c2ccccc2)cc(Br)c1OCc1ccc(Cl)cc1Cl. The predicted molar refractivity (Wildman–Crippen MR) is 156 cm³/mol. The smallest absolute Gasteiger partial charge is 0.281 e. The van der Waals surface area contributed by atoms with Crippen molar-refractivity contribution in [2.75, 3.05) is 12.1 Å². The first-order chi connectivity index (χ1) is 18.4. The summed E-state index contributed by atoms with van der Waals surface area (Å²) in [7, 11) is 1.57. The van der Waals surface area contributed by atoms with Crippen molar-refractivity contribution in [1.82, 2.24) is 0 Å². The van der Waals surface area contributed by atoms with E-state index < -0.39 is 0 Å². The molecular formula is C30H21BrCl2N2O3. The number of carbonyl (C=O) groups is 1. The van der Waals surface area contributed by atoms with Gasteiger partial charge in [-0.15, -0.1) is 0 Å². The lowest BCUT2D eigenvalue weighted by Gasteiger charge is -2.15. The van der Waals surface area contributed by atoms with Crippen molar-refractivity contribution in [2.24, 2.45) is 5.10 Å². The lowest BCUT2D eigenvalue weighted by Crippen LogP contribution is -2.21. The Bertz CT molecular complexity index is 1560. The van der Waals surface area contributed by atoms with Crippen LogP contribution in [0, 0.1) is 0 Å². The van der Waals surface area contributed by atoms with Crippen LogP contribution in [0.1, 0.15) is 16.7 Å². The molecule has 5 nitrogen and oxygen atoms in total. The van der Waals surface area contributed by atoms with E-state index in [9.17, 15) is 4.79 Å². The second-order valence-electron chi connectivity index (χ2n) is 8.38. The zero-order valence-electron chi connectivity index (χ0n) is 20.2. The van der Waals surface area contributed by atoms with E-state index in [1.54, 1.807) is 19.2 Å². The fourth-order valence-electron chi connectivity index (χ4n) is 4.02. The van der Waals surface area contributed by atoms with Crippen molar-refractivity contribution >= 4 is 62.5 Å². The molecule has 1 amide bonds. The van der Waals surface area contributed by atoms with Gasteiger partial charge in [0, 0.05) is 21.2 Å². The number of amides is 1. The van der Waals surface area contributed by atoms with Crippen LogP contribution < -0.4 is 14.5 Å². The van der Waals surface area contributed by atoms with Crippen LogP contribution in [-0.4, -0.2) is 18.7 Å². The van der Waals surface area contributed by atoms with Gasteiger partial charge in [-0.1, -0.05) is 77.8 Å². The van der Waals surface area contributed by atoms with E-state index in [0.29, 0.717) is 43.0 Å². The number of hydrogen-bond donors (Lipinski definition) is 0. The molecule has 0 unspecified atom stereocenters. The number of halogens is 3. The first-order valence-electron chi connectivity index (χ1n) is 11.6. The standard InChI is InChI=1S/C30H21BrCl2N2O3/c1-37-27-16-19(15-25(31)29(27)38-18-21-12-13-22(32)17-26(21)33)14-24-28(20-8-4-2-5-9-20)34-35(30(24)36)23-10-6-3-7-11-23/h2-17H,18H2,1H3/b24-14-. The highest BCUT2D eigenvalue weighted by Crippen LogP contribution is 2.39. The summed E-state index contributed by atoms with van der Waals surface area (Å²) in [6.07, 6.45) is 1.81. The van der Waals surface area contributed by atoms with E-state index in [1.807, 2.05) is 84.9 Å². The molecule has 4 aromatic carbocycles. The Balaban J connectivity index is 1.50. The topological polar surface area (TPSA) is 51.1 Å². The second-order valence-corrected chi connectivity index (χ2v) is 10.1. The molecule has 0 bridgehead atoms. The summed E-state index contributed by atoms with van der Waals surface area (Å²) in [6.45, 7) is 0.223. The van der Waals surface area contributed by atoms with Crippen LogP contribution >= 0.6 is 39.1 Å². The molecule has 0 radical (unpaired) electrons. The number of para-hydroxylation sites is 1. The highest BCUT2D eigenvalue weighted by Gasteiger charge is 2.32. The second kappa shape index (κ2) is 11.4. The van der Waals surface area contributed by atoms with Crippen molar-refractivity contribution < 1.29 is 14.3 Å². The van der Waals surface area contributed by atoms with Crippen LogP contribution in [0.5, 0.6) is 11.5 Å². The summed E-state index contributed by atoms with van der Waals surface area (Å²) in [4.78, 5) is 13.6. The number of nitrogens with zero attached hydrogens (tertiary/aromatic N) is 2. The van der Waals surface area contributed by atoms with Crippen LogP contribution in [0.4, 0.5) is 5.69 Å². The third-order valence-electron chi connectivity index (χ3n) is 5.88. The highest BCUT2D eigenvalue weighted by molar-refractivity contribution is 9.10. The molecule has 0 saturated heterocycles. The zero-order valence-corrected chi connectivity index (χ0v) is 23.3. The van der Waals surface area contributed by atoms with E-state index in [4.69, 9.17) is 32.7 Å². The van der Waals surface area contributed by atoms with Gasteiger partial charge in [0.1, 0.15) is 12.3 Å². The third kappa shape index (κ3) is 5.48. The van der Waals surface area contributed by atoms with Gasteiger partial charge < -0.3 is 9.47 Å². The molecule has 38 heavy (non-hydrogen) atoms. The van der Waals surface area contributed by atoms with Crippen LogP contribution in [0.2, 0.25) is 10.0 Å². The zero-order chi connectivity index (χ0) is 26.6. The van der Waals surface area contributed by atoms with Gasteiger partial charge in [-0.25, -0.2) is 0 Å². The van der Waals surface area contributed by atoms with Crippen LogP contribution in [-0.2, 0) is 11.4 Å². The number of methoxy groups -OCH3 is 1. The molecule has 0 saturated carbocycles. The van der Waals surface area contributed by atoms with E-state index >= 15 is 0 Å². The average Bonchev–Trinajstić information content (AvgIpc) is 3.25. The maximum absolute atomic E-state index is 13.6. The normalized spacial score (nSPS) is 14.1. The summed E-state index contributed by atoms with van der Waals surface area (Å²) in [6, 6.07) is 27.9. The molecule has 8 heteroatoms. The Labute approximate surface area is 239 Å². The van der Waals surface area contributed by atoms with E-state index in [-0.39, 0.29) is 12.5 Å². The quantitative estimate of drug-likeness (QED) is 0.199. The molecule has 0 N–H and O–H groups in total. The fraction of sp³-hybridized carbons (Fsp3) is 0.0667. The van der Waals surface area contributed by atoms with E-state index in [1.165, 1.54) is 5.01 Å². The predicted octanol–water partition coefficient (Wildman–Crippen LogP) is 8.18. The Kier molecular flexibility index (Phi) is 7.84. The van der Waals surface area contributed by atoms with Crippen LogP contribution in [0.3, 0.4) is 0 Å². The molecule has 1 aliphatic rings. The largest absolute Gasteiger partial charge is 0.493 e. The molecular weight excluding hydrogens is 587 g/mol. The Morgan fingerprint density at radius 3 is 2.34 bits per heavy atom. The number of hydrogen-bond acceptors (Lipinski definition) is 4. The molecule has 0 spiro atoms. The molecule has 5 rings (SSSR count). The highest BCUT2D eigenvalue weighted by atomic mass is 79.9. The third-order valence-corrected chi connectivity index (χ3v) is 7.05. The number of hydrazone groups is 1. The minimum Gasteiger partial charge on any atom is -0.493 e. The first kappa shape index (κ1) is 26.0. The lowest BCUT2D eigenvalue weighted by atomic mass is 10.00. The molecule has 0 aromatic heterocycles. The molecule has 190 valence electrons. The maximum Gasteiger partial charge on any atom is 0.281 e. The monoisotopic (exact) mass is 606 g/mol. The summed E-state index contributed by atoms with van der Waals surface area (Å²) in [5, 5.41) is 7.19. The number of rotatable bonds is 7. The number of ether oxygens (including phenoxy) is 2. The van der Waals surface area contributed by atoms with Gasteiger partial charge in [0.25, 0.3) is 5.91 Å². The van der Waals surface area contributed by atoms with E-state index in [0.717, 1.165) is 16.7 Å². The van der Waals surface area contributed by atoms with Crippen molar-refractivity contribution in [3.05, 3.63) is 128 Å². The van der Waals surface area contributed by atoms with Crippen molar-refractivity contribution in [3.63, 3.8) is 0 Å². The van der Waals surface area contributed by atoms with Gasteiger partial charge in [-0.3, -0.25) is 4.79 Å². The number of carbonyl (C=O) groups excluding carboxylic acids is 1. The van der Waals surface area contributed by atoms with Gasteiger partial charge in [0.2, 0.25) is 0 Å². The van der Waals surface area contributed by atoms with Gasteiger partial charge in [-0.05, 0) is 64.0 Å². The van der Waals surface area contributed by atoms with Gasteiger partial charge in [0.15, 0.2) is 11.5 Å². The lowest BCUT2D eigenvalue weighted by molar-refractivity contribution is -0.114. The molecule has 0 atom stereocenters. The van der Waals surface area contributed by atoms with Crippen LogP contribution in [0.15, 0.2) is 106 Å². The number of anilines is 1. The van der Waals surface area contributed by atoms with Gasteiger partial charge in [0.05, 0.1) is 22.8 Å². The molecule has 1 aliphatic heterocycles. The summed E-state index contributed by atoms with van der Waals surface area (Å²) < 4.78 is 12.4. The summed E-state index contributed by atoms with van der Waals surface area (Å²) in [5.41, 5.74) is 4.13. The summed E-state index contributed by atoms with van der Waals surface area (Å²) >= 11 is 15.9. The van der Waals surface area contributed by atoms with Crippen molar-refractivity contribution in [2.45, 2.75) is 6.61 Å². The van der Waals surface area contributed by atoms with E-state index in [2.05, 4.69) is 21.0 Å². The first-order valence-corrected chi connectivity index (χ1v) is 13.2. The Hall–Kier alpha value is -3.58. The van der Waals surface area contributed by atoms with Gasteiger partial charge >= 0.3 is 0 Å². The Morgan fingerprint density at radius 1 is 0.947 bits per heavy atom. The molecule has 1 heterocycles.